The summed E-state index contributed by atoms with van der Waals surface area (Å²) < 4.78 is 27.6. The number of halogens is 2. The molecule has 1 amide bonds. The Morgan fingerprint density at radius 1 is 1.33 bits per heavy atom. The zero-order valence-corrected chi connectivity index (χ0v) is 15.5. The fourth-order valence-electron chi connectivity index (χ4n) is 2.17. The third kappa shape index (κ3) is 5.00. The van der Waals surface area contributed by atoms with E-state index in [-0.39, 0.29) is 15.3 Å². The van der Waals surface area contributed by atoms with Gasteiger partial charge in [0.1, 0.15) is 4.90 Å². The third-order valence-corrected chi connectivity index (χ3v) is 5.53. The number of nitrogens with one attached hydrogen (secondary N) is 1. The molecule has 0 saturated heterocycles. The fraction of sp³-hybridized carbons (Fsp3) is 0.615. The quantitative estimate of drug-likeness (QED) is 0.740. The molecule has 1 aromatic heterocycles. The molecule has 0 spiro atoms. The van der Waals surface area contributed by atoms with Crippen molar-refractivity contribution in [1.29, 1.82) is 0 Å². The van der Waals surface area contributed by atoms with Crippen molar-refractivity contribution < 1.29 is 17.6 Å². The lowest BCUT2D eigenvalue weighted by molar-refractivity contribution is 0.0908. The van der Waals surface area contributed by atoms with Crippen LogP contribution in [0.5, 0.6) is 0 Å². The molecule has 0 aromatic carbocycles. The van der Waals surface area contributed by atoms with Crippen molar-refractivity contribution in [3.05, 3.63) is 16.5 Å². The van der Waals surface area contributed by atoms with Crippen LogP contribution in [0.2, 0.25) is 0 Å². The zero-order valence-electron chi connectivity index (χ0n) is 12.3. The van der Waals surface area contributed by atoms with E-state index in [4.69, 9.17) is 15.1 Å². The largest absolute Gasteiger partial charge is 0.443 e. The predicted molar refractivity (Wildman–Crippen MR) is 84.9 cm³/mol. The van der Waals surface area contributed by atoms with Crippen molar-refractivity contribution in [2.75, 3.05) is 6.54 Å². The van der Waals surface area contributed by atoms with Gasteiger partial charge in [-0.05, 0) is 33.7 Å². The molecule has 0 bridgehead atoms. The minimum atomic E-state index is -3.95. The molecular weight excluding hydrogens is 382 g/mol. The first-order chi connectivity index (χ1) is 9.54. The van der Waals surface area contributed by atoms with Crippen molar-refractivity contribution >= 4 is 41.6 Å². The normalized spacial score (nSPS) is 12.4. The second-order valence-electron chi connectivity index (χ2n) is 5.55. The predicted octanol–water partition coefficient (Wildman–Crippen LogP) is 3.63. The van der Waals surface area contributed by atoms with Crippen LogP contribution in [-0.4, -0.2) is 20.9 Å². The fourth-order valence-corrected chi connectivity index (χ4v) is 4.20. The molecular formula is C13H19BrClNO4S. The number of amides is 1. The van der Waals surface area contributed by atoms with Gasteiger partial charge in [0.05, 0.1) is 0 Å². The van der Waals surface area contributed by atoms with Gasteiger partial charge in [-0.25, -0.2) is 8.42 Å². The number of hydrogen-bond donors (Lipinski definition) is 1. The SMILES string of the molecule is CC(C)C(CNC(=O)c1cc(S(=O)(=O)Cl)c(Br)o1)C(C)C. The number of furan rings is 1. The highest BCUT2D eigenvalue weighted by atomic mass is 79.9. The number of hydrogen-bond acceptors (Lipinski definition) is 4. The molecule has 1 rings (SSSR count). The molecule has 0 atom stereocenters. The summed E-state index contributed by atoms with van der Waals surface area (Å²) in [4.78, 5) is 11.8. The third-order valence-electron chi connectivity index (χ3n) is 3.35. The van der Waals surface area contributed by atoms with Crippen molar-refractivity contribution in [2.45, 2.75) is 32.6 Å². The molecule has 0 aliphatic rings. The first kappa shape index (κ1) is 18.5. The number of carbonyl (C=O) groups is 1. The van der Waals surface area contributed by atoms with Crippen molar-refractivity contribution in [3.63, 3.8) is 0 Å². The summed E-state index contributed by atoms with van der Waals surface area (Å²) in [6, 6.07) is 1.11. The Morgan fingerprint density at radius 2 is 1.86 bits per heavy atom. The first-order valence-electron chi connectivity index (χ1n) is 6.56. The van der Waals surface area contributed by atoms with E-state index < -0.39 is 15.0 Å². The molecule has 0 unspecified atom stereocenters. The average molecular weight is 401 g/mol. The Balaban J connectivity index is 2.82. The Bertz CT molecular complexity index is 602. The second-order valence-corrected chi connectivity index (χ2v) is 8.80. The van der Waals surface area contributed by atoms with Crippen LogP contribution in [-0.2, 0) is 9.05 Å². The topological polar surface area (TPSA) is 76.4 Å². The van der Waals surface area contributed by atoms with Gasteiger partial charge >= 0.3 is 0 Å². The number of carbonyl (C=O) groups excluding carboxylic acids is 1. The lowest BCUT2D eigenvalue weighted by atomic mass is 9.85. The maximum absolute atomic E-state index is 12.0. The van der Waals surface area contributed by atoms with Crippen LogP contribution in [0.25, 0.3) is 0 Å². The highest BCUT2D eigenvalue weighted by Gasteiger charge is 2.24. The Morgan fingerprint density at radius 3 is 2.24 bits per heavy atom. The highest BCUT2D eigenvalue weighted by Crippen LogP contribution is 2.28. The van der Waals surface area contributed by atoms with Gasteiger partial charge in [0, 0.05) is 23.3 Å². The van der Waals surface area contributed by atoms with Gasteiger partial charge in [-0.2, -0.15) is 0 Å². The zero-order chi connectivity index (χ0) is 16.4. The van der Waals surface area contributed by atoms with Gasteiger partial charge in [0.25, 0.3) is 15.0 Å². The van der Waals surface area contributed by atoms with Crippen molar-refractivity contribution in [3.8, 4) is 0 Å². The Hall–Kier alpha value is -0.530. The smallest absolute Gasteiger partial charge is 0.287 e. The standard InChI is InChI=1S/C13H19BrClNO4S/c1-7(2)9(8(3)4)6-16-13(17)10-5-11(12(14)20-10)21(15,18)19/h5,7-9H,6H2,1-4H3,(H,16,17). The number of rotatable bonds is 6. The summed E-state index contributed by atoms with van der Waals surface area (Å²) in [7, 11) is 1.29. The molecule has 0 aliphatic carbocycles. The monoisotopic (exact) mass is 399 g/mol. The van der Waals surface area contributed by atoms with E-state index in [1.165, 1.54) is 0 Å². The molecule has 8 heteroatoms. The van der Waals surface area contributed by atoms with E-state index in [1.54, 1.807) is 0 Å². The summed E-state index contributed by atoms with van der Waals surface area (Å²) in [5.74, 6) is 0.615. The van der Waals surface area contributed by atoms with Crippen LogP contribution >= 0.6 is 26.6 Å². The first-order valence-corrected chi connectivity index (χ1v) is 9.66. The van der Waals surface area contributed by atoms with Gasteiger partial charge in [-0.15, -0.1) is 0 Å². The van der Waals surface area contributed by atoms with Crippen LogP contribution in [0, 0.1) is 17.8 Å². The molecule has 0 saturated carbocycles. The van der Waals surface area contributed by atoms with E-state index >= 15 is 0 Å². The summed E-state index contributed by atoms with van der Waals surface area (Å²) in [5.41, 5.74) is 0. The van der Waals surface area contributed by atoms with Crippen LogP contribution in [0.4, 0.5) is 0 Å². The molecule has 0 fully saturated rings. The van der Waals surface area contributed by atoms with Crippen LogP contribution in [0.3, 0.4) is 0 Å². The average Bonchev–Trinajstić information content (AvgIpc) is 2.70. The second kappa shape index (κ2) is 7.15. The molecule has 1 heterocycles. The van der Waals surface area contributed by atoms with E-state index in [2.05, 4.69) is 48.9 Å². The van der Waals surface area contributed by atoms with E-state index in [0.29, 0.717) is 24.3 Å². The molecule has 0 aliphatic heterocycles. The minimum absolute atomic E-state index is 0.0769. The van der Waals surface area contributed by atoms with Gasteiger partial charge in [-0.1, -0.05) is 27.7 Å². The van der Waals surface area contributed by atoms with Gasteiger partial charge in [0.2, 0.25) is 0 Å². The van der Waals surface area contributed by atoms with Crippen LogP contribution in [0.15, 0.2) is 20.0 Å². The van der Waals surface area contributed by atoms with Crippen LogP contribution in [0.1, 0.15) is 38.2 Å². The van der Waals surface area contributed by atoms with Crippen molar-refractivity contribution in [1.82, 2.24) is 5.32 Å². The van der Waals surface area contributed by atoms with E-state index in [0.717, 1.165) is 6.07 Å². The summed E-state index contributed by atoms with van der Waals surface area (Å²) in [5, 5.41) is 2.76. The van der Waals surface area contributed by atoms with Crippen LogP contribution < -0.4 is 5.32 Å². The molecule has 0 radical (unpaired) electrons. The lowest BCUT2D eigenvalue weighted by Crippen LogP contribution is -2.33. The molecule has 1 N–H and O–H groups in total. The van der Waals surface area contributed by atoms with E-state index in [1.807, 2.05) is 0 Å². The molecule has 5 nitrogen and oxygen atoms in total. The Kier molecular flexibility index (Phi) is 6.31. The maximum Gasteiger partial charge on any atom is 0.287 e. The maximum atomic E-state index is 12.0. The van der Waals surface area contributed by atoms with Gasteiger partial charge < -0.3 is 9.73 Å². The summed E-state index contributed by atoms with van der Waals surface area (Å²) >= 11 is 2.94. The van der Waals surface area contributed by atoms with Crippen molar-refractivity contribution in [2.24, 2.45) is 17.8 Å². The van der Waals surface area contributed by atoms with Gasteiger partial charge in [-0.3, -0.25) is 4.79 Å². The van der Waals surface area contributed by atoms with E-state index in [9.17, 15) is 13.2 Å². The van der Waals surface area contributed by atoms with Gasteiger partial charge in [0.15, 0.2) is 10.4 Å². The Labute approximate surface area is 138 Å². The molecule has 1 aromatic rings. The summed E-state index contributed by atoms with van der Waals surface area (Å²) in [6.07, 6.45) is 0. The molecule has 120 valence electrons. The highest BCUT2D eigenvalue weighted by molar-refractivity contribution is 9.10. The summed E-state index contributed by atoms with van der Waals surface area (Å²) in [6.45, 7) is 8.88. The molecule has 21 heavy (non-hydrogen) atoms. The lowest BCUT2D eigenvalue weighted by Gasteiger charge is -2.24. The minimum Gasteiger partial charge on any atom is -0.443 e.